The summed E-state index contributed by atoms with van der Waals surface area (Å²) >= 11 is 0. The molecule has 5 unspecified atom stereocenters. The van der Waals surface area contributed by atoms with Gasteiger partial charge in [0.2, 0.25) is 0 Å². The summed E-state index contributed by atoms with van der Waals surface area (Å²) in [5, 5.41) is 0. The number of carbonyl (C=O) groups is 2. The molecule has 0 amide bonds. The third-order valence-corrected chi connectivity index (χ3v) is 7.70. The molecule has 4 bridgehead atoms. The quantitative estimate of drug-likeness (QED) is 0.411. The highest BCUT2D eigenvalue weighted by Gasteiger charge is 2.53. The highest BCUT2D eigenvalue weighted by molar-refractivity contribution is 5.78. The molecule has 30 heavy (non-hydrogen) atoms. The highest BCUT2D eigenvalue weighted by atomic mass is 16.6. The van der Waals surface area contributed by atoms with Gasteiger partial charge in [0.15, 0.2) is 0 Å². The number of fused-ring (bicyclic) bond motifs is 1. The standard InChI is InChI=1S/C25H42O5/c1-8-25(23(5,6)7,16-22(2,3)4)21(27)28-9-10-29-24-13-17-11-18(14-24)20(26)30-19(12-17)15-24/h17-19H,8-16H2,1-7H3. The Labute approximate surface area is 182 Å². The minimum atomic E-state index is -0.524. The molecule has 5 nitrogen and oxygen atoms in total. The first-order valence-electron chi connectivity index (χ1n) is 11.8. The molecular formula is C25H42O5. The van der Waals surface area contributed by atoms with Gasteiger partial charge in [-0.2, -0.15) is 0 Å². The number of hydrogen-bond acceptors (Lipinski definition) is 5. The number of carbonyl (C=O) groups excluding carboxylic acids is 2. The average Bonchev–Trinajstić information content (AvgIpc) is 2.76. The van der Waals surface area contributed by atoms with Crippen molar-refractivity contribution in [1.29, 1.82) is 0 Å². The normalized spacial score (nSPS) is 33.0. The van der Waals surface area contributed by atoms with E-state index < -0.39 is 5.41 Å². The van der Waals surface area contributed by atoms with Crippen molar-refractivity contribution in [1.82, 2.24) is 0 Å². The molecule has 0 spiro atoms. The molecule has 0 aromatic heterocycles. The third-order valence-electron chi connectivity index (χ3n) is 7.70. The van der Waals surface area contributed by atoms with Crippen LogP contribution in [-0.2, 0) is 23.8 Å². The van der Waals surface area contributed by atoms with E-state index in [1.165, 1.54) is 0 Å². The van der Waals surface area contributed by atoms with E-state index in [4.69, 9.17) is 14.2 Å². The molecule has 5 atom stereocenters. The molecule has 172 valence electrons. The largest absolute Gasteiger partial charge is 0.463 e. The van der Waals surface area contributed by atoms with Gasteiger partial charge in [-0.15, -0.1) is 0 Å². The minimum absolute atomic E-state index is 0.00767. The summed E-state index contributed by atoms with van der Waals surface area (Å²) < 4.78 is 17.8. The van der Waals surface area contributed by atoms with Gasteiger partial charge >= 0.3 is 11.9 Å². The molecule has 5 heteroatoms. The topological polar surface area (TPSA) is 61.8 Å². The fourth-order valence-electron chi connectivity index (χ4n) is 6.43. The Morgan fingerprint density at radius 2 is 1.77 bits per heavy atom. The predicted octanol–water partition coefficient (Wildman–Crippen LogP) is 5.30. The lowest BCUT2D eigenvalue weighted by Gasteiger charge is -2.46. The second kappa shape index (κ2) is 8.11. The van der Waals surface area contributed by atoms with Gasteiger partial charge in [0, 0.05) is 6.42 Å². The first-order valence-corrected chi connectivity index (χ1v) is 11.8. The van der Waals surface area contributed by atoms with Crippen LogP contribution in [0.1, 0.15) is 93.4 Å². The van der Waals surface area contributed by atoms with Crippen molar-refractivity contribution in [3.8, 4) is 0 Å². The lowest BCUT2D eigenvalue weighted by molar-refractivity contribution is -0.174. The molecule has 2 aliphatic heterocycles. The van der Waals surface area contributed by atoms with Gasteiger partial charge in [-0.25, -0.2) is 0 Å². The van der Waals surface area contributed by atoms with Gasteiger partial charge in [0.1, 0.15) is 12.7 Å². The number of esters is 2. The van der Waals surface area contributed by atoms with Crippen molar-refractivity contribution < 1.29 is 23.8 Å². The van der Waals surface area contributed by atoms with Crippen LogP contribution in [0.4, 0.5) is 0 Å². The van der Waals surface area contributed by atoms with Crippen LogP contribution in [0.2, 0.25) is 0 Å². The van der Waals surface area contributed by atoms with E-state index in [1.54, 1.807) is 0 Å². The maximum atomic E-state index is 13.3. The van der Waals surface area contributed by atoms with Gasteiger partial charge in [-0.3, -0.25) is 9.59 Å². The number of rotatable bonds is 7. The maximum Gasteiger partial charge on any atom is 0.312 e. The first kappa shape index (κ1) is 23.6. The lowest BCUT2D eigenvalue weighted by Crippen LogP contribution is -2.48. The fourth-order valence-corrected chi connectivity index (χ4v) is 6.43. The molecular weight excluding hydrogens is 380 g/mol. The molecule has 4 fully saturated rings. The van der Waals surface area contributed by atoms with E-state index >= 15 is 0 Å². The summed E-state index contributed by atoms with van der Waals surface area (Å²) in [6.45, 7) is 15.7. The van der Waals surface area contributed by atoms with Crippen LogP contribution in [0.15, 0.2) is 0 Å². The smallest absolute Gasteiger partial charge is 0.312 e. The Kier molecular flexibility index (Phi) is 6.37. The number of hydrogen-bond donors (Lipinski definition) is 0. The van der Waals surface area contributed by atoms with Crippen LogP contribution in [-0.4, -0.2) is 36.9 Å². The molecule has 0 aromatic rings. The summed E-state index contributed by atoms with van der Waals surface area (Å²) in [4.78, 5) is 25.5. The van der Waals surface area contributed by atoms with E-state index in [9.17, 15) is 9.59 Å². The second-order valence-corrected chi connectivity index (χ2v) is 12.3. The van der Waals surface area contributed by atoms with E-state index in [0.717, 1.165) is 44.9 Å². The predicted molar refractivity (Wildman–Crippen MR) is 116 cm³/mol. The Bertz CT molecular complexity index is 657. The molecule has 2 aliphatic carbocycles. The Balaban J connectivity index is 1.60. The maximum absolute atomic E-state index is 13.3. The highest BCUT2D eigenvalue weighted by Crippen LogP contribution is 2.52. The van der Waals surface area contributed by atoms with Gasteiger partial charge in [-0.1, -0.05) is 48.5 Å². The van der Waals surface area contributed by atoms with Crippen LogP contribution in [0.5, 0.6) is 0 Å². The van der Waals surface area contributed by atoms with Gasteiger partial charge in [0.25, 0.3) is 0 Å². The summed E-state index contributed by atoms with van der Waals surface area (Å²) in [6.07, 6.45) is 5.96. The van der Waals surface area contributed by atoms with Crippen LogP contribution in [0.25, 0.3) is 0 Å². The molecule has 4 rings (SSSR count). The number of ether oxygens (including phenoxy) is 3. The third kappa shape index (κ3) is 4.71. The minimum Gasteiger partial charge on any atom is -0.463 e. The molecule has 2 saturated carbocycles. The van der Waals surface area contributed by atoms with Gasteiger partial charge < -0.3 is 14.2 Å². The summed E-state index contributed by atoms with van der Waals surface area (Å²) in [6, 6.07) is 0. The van der Waals surface area contributed by atoms with Gasteiger partial charge in [0.05, 0.1) is 23.5 Å². The monoisotopic (exact) mass is 422 g/mol. The Morgan fingerprint density at radius 1 is 1.07 bits per heavy atom. The Morgan fingerprint density at radius 3 is 2.37 bits per heavy atom. The van der Waals surface area contributed by atoms with Crippen molar-refractivity contribution in [3.05, 3.63) is 0 Å². The van der Waals surface area contributed by atoms with E-state index in [1.807, 2.05) is 0 Å². The molecule has 0 aromatic carbocycles. The van der Waals surface area contributed by atoms with Crippen LogP contribution in [0.3, 0.4) is 0 Å². The molecule has 4 aliphatic rings. The summed E-state index contributed by atoms with van der Waals surface area (Å²) in [5.74, 6) is 0.326. The van der Waals surface area contributed by atoms with E-state index in [-0.39, 0.29) is 47.0 Å². The van der Waals surface area contributed by atoms with Crippen LogP contribution < -0.4 is 0 Å². The molecule has 2 heterocycles. The SMILES string of the molecule is CCC(CC(C)(C)C)(C(=O)OCCOC12CC3CC(C1)OC(=O)C(C3)C2)C(C)(C)C. The second-order valence-electron chi connectivity index (χ2n) is 12.3. The van der Waals surface area contributed by atoms with Crippen LogP contribution >= 0.6 is 0 Å². The van der Waals surface area contributed by atoms with Crippen LogP contribution in [0, 0.1) is 28.1 Å². The zero-order valence-electron chi connectivity index (χ0n) is 20.1. The summed E-state index contributed by atoms with van der Waals surface area (Å²) in [5.41, 5.74) is -0.971. The molecule has 0 N–H and O–H groups in total. The van der Waals surface area contributed by atoms with Crippen molar-refractivity contribution >= 4 is 11.9 Å². The van der Waals surface area contributed by atoms with Crippen molar-refractivity contribution in [2.24, 2.45) is 28.1 Å². The van der Waals surface area contributed by atoms with E-state index in [0.29, 0.717) is 12.5 Å². The summed E-state index contributed by atoms with van der Waals surface area (Å²) in [7, 11) is 0. The average molecular weight is 423 g/mol. The van der Waals surface area contributed by atoms with Crippen molar-refractivity contribution in [2.75, 3.05) is 13.2 Å². The fraction of sp³-hybridized carbons (Fsp3) is 0.920. The first-order chi connectivity index (χ1) is 13.8. The molecule has 0 radical (unpaired) electrons. The van der Waals surface area contributed by atoms with Crippen molar-refractivity contribution in [3.63, 3.8) is 0 Å². The Hall–Kier alpha value is -1.10. The zero-order chi connectivity index (χ0) is 22.4. The van der Waals surface area contributed by atoms with Gasteiger partial charge in [-0.05, 0) is 55.3 Å². The lowest BCUT2D eigenvalue weighted by atomic mass is 9.59. The molecule has 2 saturated heterocycles. The van der Waals surface area contributed by atoms with E-state index in [2.05, 4.69) is 48.5 Å². The van der Waals surface area contributed by atoms with Crippen molar-refractivity contribution in [2.45, 2.75) is 105 Å². The zero-order valence-corrected chi connectivity index (χ0v) is 20.1.